The van der Waals surface area contributed by atoms with Crippen LogP contribution in [0.2, 0.25) is 0 Å². The third kappa shape index (κ3) is 4.00. The van der Waals surface area contributed by atoms with Crippen molar-refractivity contribution in [1.82, 2.24) is 5.32 Å². The summed E-state index contributed by atoms with van der Waals surface area (Å²) in [4.78, 5) is 33.7. The lowest BCUT2D eigenvalue weighted by molar-refractivity contribution is -0.145. The van der Waals surface area contributed by atoms with Gasteiger partial charge < -0.3 is 14.8 Å². The first-order chi connectivity index (χ1) is 7.54. The second-order valence-electron chi connectivity index (χ2n) is 4.10. The van der Waals surface area contributed by atoms with E-state index in [0.29, 0.717) is 6.42 Å². The molecular weight excluding hydrogens is 210 g/mol. The van der Waals surface area contributed by atoms with E-state index in [1.165, 1.54) is 14.0 Å². The smallest absolute Gasteiger partial charge is 0.328 e. The first kappa shape index (κ1) is 12.7. The molecule has 1 aliphatic carbocycles. The fourth-order valence-corrected chi connectivity index (χ4v) is 1.37. The Kier molecular flexibility index (Phi) is 4.46. The number of amides is 1. The molecule has 1 saturated carbocycles. The van der Waals surface area contributed by atoms with Crippen LogP contribution in [-0.4, -0.2) is 30.8 Å². The fraction of sp³-hybridized carbons (Fsp3) is 0.727. The Labute approximate surface area is 94.5 Å². The van der Waals surface area contributed by atoms with Gasteiger partial charge in [-0.05, 0) is 26.2 Å². The molecule has 1 fully saturated rings. The van der Waals surface area contributed by atoms with E-state index in [1.54, 1.807) is 0 Å². The van der Waals surface area contributed by atoms with E-state index in [1.807, 2.05) is 0 Å². The quantitative estimate of drug-likeness (QED) is 0.668. The third-order valence-electron chi connectivity index (χ3n) is 2.54. The van der Waals surface area contributed by atoms with Crippen molar-refractivity contribution in [2.24, 2.45) is 5.92 Å². The van der Waals surface area contributed by atoms with Crippen LogP contribution in [-0.2, 0) is 19.1 Å². The number of hydrogen-bond acceptors (Lipinski definition) is 4. The van der Waals surface area contributed by atoms with E-state index >= 15 is 0 Å². The first-order valence-corrected chi connectivity index (χ1v) is 5.42. The van der Waals surface area contributed by atoms with E-state index in [4.69, 9.17) is 0 Å². The molecule has 0 saturated heterocycles. The molecule has 90 valence electrons. The van der Waals surface area contributed by atoms with Gasteiger partial charge in [0.1, 0.15) is 11.8 Å². The van der Waals surface area contributed by atoms with Gasteiger partial charge in [-0.25, -0.2) is 4.79 Å². The number of ether oxygens (including phenoxy) is 1. The normalized spacial score (nSPS) is 16.4. The molecule has 5 heteroatoms. The Balaban J connectivity index is 2.45. The molecule has 0 aromatic carbocycles. The number of methoxy groups -OCH3 is 1. The SMILES string of the molecule is COC(=O)[C@H](CCC(C)=O)NC(=O)C1CC1. The number of esters is 1. The van der Waals surface area contributed by atoms with Gasteiger partial charge in [0.05, 0.1) is 7.11 Å². The van der Waals surface area contributed by atoms with Crippen molar-refractivity contribution in [3.05, 3.63) is 0 Å². The zero-order valence-corrected chi connectivity index (χ0v) is 9.62. The summed E-state index contributed by atoms with van der Waals surface area (Å²) in [6, 6.07) is -0.693. The zero-order valence-electron chi connectivity index (χ0n) is 9.62. The summed E-state index contributed by atoms with van der Waals surface area (Å²) in [5, 5.41) is 2.62. The Hall–Kier alpha value is -1.39. The maximum Gasteiger partial charge on any atom is 0.328 e. The predicted octanol–water partition coefficient (Wildman–Crippen LogP) is 0.423. The molecule has 1 amide bonds. The molecule has 0 bridgehead atoms. The molecule has 1 rings (SSSR count). The Morgan fingerprint density at radius 1 is 1.38 bits per heavy atom. The fourth-order valence-electron chi connectivity index (χ4n) is 1.37. The van der Waals surface area contributed by atoms with Crippen molar-refractivity contribution in [3.63, 3.8) is 0 Å². The van der Waals surface area contributed by atoms with Crippen LogP contribution in [0.1, 0.15) is 32.6 Å². The molecule has 1 N–H and O–H groups in total. The Morgan fingerprint density at radius 3 is 2.44 bits per heavy atom. The molecule has 1 aliphatic rings. The van der Waals surface area contributed by atoms with E-state index in [2.05, 4.69) is 10.1 Å². The highest BCUT2D eigenvalue weighted by Gasteiger charge is 2.32. The Morgan fingerprint density at radius 2 is 2.00 bits per heavy atom. The minimum absolute atomic E-state index is 0.00502. The number of carbonyl (C=O) groups excluding carboxylic acids is 3. The van der Waals surface area contributed by atoms with Gasteiger partial charge in [-0.2, -0.15) is 0 Å². The summed E-state index contributed by atoms with van der Waals surface area (Å²) >= 11 is 0. The van der Waals surface area contributed by atoms with Gasteiger partial charge in [0.25, 0.3) is 0 Å². The molecule has 0 aliphatic heterocycles. The number of Topliss-reactive ketones (excluding diaryl/α,β-unsaturated/α-hetero) is 1. The van der Waals surface area contributed by atoms with Crippen LogP contribution < -0.4 is 5.32 Å². The van der Waals surface area contributed by atoms with Crippen molar-refractivity contribution >= 4 is 17.7 Å². The predicted molar refractivity (Wildman–Crippen MR) is 56.6 cm³/mol. The molecule has 0 radical (unpaired) electrons. The summed E-state index contributed by atoms with van der Waals surface area (Å²) in [5.74, 6) is -0.562. The molecule has 0 heterocycles. The van der Waals surface area contributed by atoms with Gasteiger partial charge in [-0.3, -0.25) is 4.79 Å². The largest absolute Gasteiger partial charge is 0.467 e. The number of ketones is 1. The van der Waals surface area contributed by atoms with Crippen molar-refractivity contribution in [2.45, 2.75) is 38.6 Å². The van der Waals surface area contributed by atoms with Gasteiger partial charge >= 0.3 is 5.97 Å². The molecule has 0 unspecified atom stereocenters. The molecule has 5 nitrogen and oxygen atoms in total. The van der Waals surface area contributed by atoms with Crippen LogP contribution in [0.15, 0.2) is 0 Å². The average molecular weight is 227 g/mol. The first-order valence-electron chi connectivity index (χ1n) is 5.42. The van der Waals surface area contributed by atoms with E-state index < -0.39 is 12.0 Å². The van der Waals surface area contributed by atoms with E-state index in [9.17, 15) is 14.4 Å². The lowest BCUT2D eigenvalue weighted by Gasteiger charge is -2.15. The van der Waals surface area contributed by atoms with Gasteiger partial charge in [0, 0.05) is 12.3 Å². The number of hydrogen-bond donors (Lipinski definition) is 1. The standard InChI is InChI=1S/C11H17NO4/c1-7(13)3-6-9(11(15)16-2)12-10(14)8-4-5-8/h8-9H,3-6H2,1-2H3,(H,12,14)/t9-/m0/s1. The summed E-state index contributed by atoms with van der Waals surface area (Å²) < 4.78 is 4.58. The minimum atomic E-state index is -0.693. The average Bonchev–Trinajstić information content (AvgIpc) is 3.06. The maximum absolute atomic E-state index is 11.5. The molecule has 1 atom stereocenters. The summed E-state index contributed by atoms with van der Waals surface area (Å²) in [5.41, 5.74) is 0. The number of rotatable bonds is 6. The highest BCUT2D eigenvalue weighted by molar-refractivity contribution is 5.87. The molecule has 0 aromatic rings. The summed E-state index contributed by atoms with van der Waals surface area (Å²) in [7, 11) is 1.27. The number of carbonyl (C=O) groups is 3. The number of nitrogens with one attached hydrogen (secondary N) is 1. The molecular formula is C11H17NO4. The molecule has 16 heavy (non-hydrogen) atoms. The lowest BCUT2D eigenvalue weighted by Crippen LogP contribution is -2.42. The van der Waals surface area contributed by atoms with Gasteiger partial charge in [-0.1, -0.05) is 0 Å². The van der Waals surface area contributed by atoms with Gasteiger partial charge in [0.15, 0.2) is 0 Å². The molecule has 0 spiro atoms. The second kappa shape index (κ2) is 5.63. The second-order valence-corrected chi connectivity index (χ2v) is 4.10. The zero-order chi connectivity index (χ0) is 12.1. The summed E-state index contributed by atoms with van der Waals surface area (Å²) in [6.07, 6.45) is 2.34. The van der Waals surface area contributed by atoms with Gasteiger partial charge in [-0.15, -0.1) is 0 Å². The van der Waals surface area contributed by atoms with Gasteiger partial charge in [0.2, 0.25) is 5.91 Å². The van der Waals surface area contributed by atoms with Crippen LogP contribution >= 0.6 is 0 Å². The van der Waals surface area contributed by atoms with Crippen molar-refractivity contribution in [3.8, 4) is 0 Å². The van der Waals surface area contributed by atoms with Crippen LogP contribution in [0.3, 0.4) is 0 Å². The highest BCUT2D eigenvalue weighted by atomic mass is 16.5. The van der Waals surface area contributed by atoms with Crippen LogP contribution in [0.4, 0.5) is 0 Å². The van der Waals surface area contributed by atoms with E-state index in [-0.39, 0.29) is 24.0 Å². The minimum Gasteiger partial charge on any atom is -0.467 e. The monoisotopic (exact) mass is 227 g/mol. The lowest BCUT2D eigenvalue weighted by atomic mass is 10.1. The highest BCUT2D eigenvalue weighted by Crippen LogP contribution is 2.29. The third-order valence-corrected chi connectivity index (χ3v) is 2.54. The van der Waals surface area contributed by atoms with Crippen LogP contribution in [0.5, 0.6) is 0 Å². The van der Waals surface area contributed by atoms with Crippen molar-refractivity contribution < 1.29 is 19.1 Å². The van der Waals surface area contributed by atoms with Crippen molar-refractivity contribution in [2.75, 3.05) is 7.11 Å². The topological polar surface area (TPSA) is 72.5 Å². The maximum atomic E-state index is 11.5. The molecule has 0 aromatic heterocycles. The Bertz CT molecular complexity index is 296. The van der Waals surface area contributed by atoms with Crippen molar-refractivity contribution in [1.29, 1.82) is 0 Å². The van der Waals surface area contributed by atoms with Crippen LogP contribution in [0.25, 0.3) is 0 Å². The van der Waals surface area contributed by atoms with E-state index in [0.717, 1.165) is 12.8 Å². The van der Waals surface area contributed by atoms with Crippen LogP contribution in [0, 0.1) is 5.92 Å². The summed E-state index contributed by atoms with van der Waals surface area (Å²) in [6.45, 7) is 1.46.